The van der Waals surface area contributed by atoms with Crippen LogP contribution in [0.4, 0.5) is 5.69 Å². The summed E-state index contributed by atoms with van der Waals surface area (Å²) in [5.74, 6) is -0.207. The van der Waals surface area contributed by atoms with Crippen LogP contribution < -0.4 is 5.32 Å². The zero-order valence-electron chi connectivity index (χ0n) is 13.4. The first-order valence-electron chi connectivity index (χ1n) is 7.49. The van der Waals surface area contributed by atoms with Gasteiger partial charge in [-0.1, -0.05) is 11.6 Å². The van der Waals surface area contributed by atoms with Crippen LogP contribution in [0.2, 0.25) is 5.02 Å². The molecule has 1 amide bonds. The predicted molar refractivity (Wildman–Crippen MR) is 97.8 cm³/mol. The van der Waals surface area contributed by atoms with Gasteiger partial charge in [-0.3, -0.25) is 14.9 Å². The van der Waals surface area contributed by atoms with Crippen molar-refractivity contribution in [2.45, 2.75) is 23.2 Å². The van der Waals surface area contributed by atoms with E-state index < -0.39 is 11.0 Å². The van der Waals surface area contributed by atoms with Crippen molar-refractivity contribution in [3.05, 3.63) is 69.2 Å². The third-order valence-electron chi connectivity index (χ3n) is 3.45. The minimum absolute atomic E-state index is 0.0299. The molecule has 2 aromatic carbocycles. The summed E-state index contributed by atoms with van der Waals surface area (Å²) in [6.45, 7) is 1.80. The van der Waals surface area contributed by atoms with Crippen molar-refractivity contribution in [1.29, 1.82) is 0 Å². The van der Waals surface area contributed by atoms with Gasteiger partial charge < -0.3 is 10.4 Å². The van der Waals surface area contributed by atoms with Crippen molar-refractivity contribution >= 4 is 35.0 Å². The predicted octanol–water partition coefficient (Wildman–Crippen LogP) is 3.58. The van der Waals surface area contributed by atoms with Crippen molar-refractivity contribution < 1.29 is 14.8 Å². The number of carbonyl (C=O) groups is 1. The fraction of sp³-hybridized carbons (Fsp3) is 0.235. The Hall–Kier alpha value is -2.09. The molecule has 0 saturated heterocycles. The van der Waals surface area contributed by atoms with E-state index in [0.29, 0.717) is 10.6 Å². The molecule has 6 nitrogen and oxygen atoms in total. The topological polar surface area (TPSA) is 92.5 Å². The maximum absolute atomic E-state index is 12.1. The largest absolute Gasteiger partial charge is 0.387 e. The van der Waals surface area contributed by atoms with Crippen molar-refractivity contribution in [2.24, 2.45) is 0 Å². The maximum Gasteiger partial charge on any atom is 0.269 e. The third-order valence-corrected chi connectivity index (χ3v) is 4.82. The summed E-state index contributed by atoms with van der Waals surface area (Å²) >= 11 is 7.21. The highest BCUT2D eigenvalue weighted by atomic mass is 35.5. The first-order valence-corrected chi connectivity index (χ1v) is 8.75. The normalized spacial score (nSPS) is 13.1. The van der Waals surface area contributed by atoms with E-state index in [0.717, 1.165) is 4.90 Å². The second kappa shape index (κ2) is 8.84. The minimum Gasteiger partial charge on any atom is -0.387 e. The summed E-state index contributed by atoms with van der Waals surface area (Å²) < 4.78 is 0. The molecule has 0 aliphatic rings. The molecule has 0 radical (unpaired) electrons. The Morgan fingerprint density at radius 1 is 1.24 bits per heavy atom. The van der Waals surface area contributed by atoms with Crippen LogP contribution >= 0.6 is 23.4 Å². The number of hydrogen-bond donors (Lipinski definition) is 2. The molecular formula is C17H17ClN2O4S. The standard InChI is InChI=1S/C17H17ClN2O4S/c1-11(25-15-8-4-13(18)5-9-15)17(22)19-10-16(21)12-2-6-14(7-3-12)20(23)24/h2-9,11,16,21H,10H2,1H3,(H,19,22)/t11-,16-/m1/s1. The monoisotopic (exact) mass is 380 g/mol. The molecule has 2 aromatic rings. The number of hydrogen-bond acceptors (Lipinski definition) is 5. The third kappa shape index (κ3) is 5.74. The zero-order chi connectivity index (χ0) is 18.4. The first kappa shape index (κ1) is 19.2. The SMILES string of the molecule is C[C@@H](Sc1ccc(Cl)cc1)C(=O)NC[C@@H](O)c1ccc([N+](=O)[O-])cc1. The summed E-state index contributed by atoms with van der Waals surface area (Å²) in [5.41, 5.74) is 0.455. The Bertz CT molecular complexity index is 737. The quantitative estimate of drug-likeness (QED) is 0.435. The van der Waals surface area contributed by atoms with Crippen LogP contribution in [0.15, 0.2) is 53.4 Å². The van der Waals surface area contributed by atoms with E-state index in [1.807, 2.05) is 12.1 Å². The Labute approximate surface area is 154 Å². The van der Waals surface area contributed by atoms with Crippen LogP contribution in [0.3, 0.4) is 0 Å². The van der Waals surface area contributed by atoms with Gasteiger partial charge in [-0.15, -0.1) is 11.8 Å². The Morgan fingerprint density at radius 2 is 1.84 bits per heavy atom. The van der Waals surface area contributed by atoms with Gasteiger partial charge >= 0.3 is 0 Å². The van der Waals surface area contributed by atoms with Crippen LogP contribution in [0.25, 0.3) is 0 Å². The molecule has 0 spiro atoms. The van der Waals surface area contributed by atoms with Crippen molar-refractivity contribution in [1.82, 2.24) is 5.32 Å². The van der Waals surface area contributed by atoms with E-state index in [1.54, 1.807) is 19.1 Å². The van der Waals surface area contributed by atoms with E-state index in [9.17, 15) is 20.0 Å². The number of aliphatic hydroxyl groups excluding tert-OH is 1. The lowest BCUT2D eigenvalue weighted by molar-refractivity contribution is -0.384. The number of benzene rings is 2. The lowest BCUT2D eigenvalue weighted by atomic mass is 10.1. The van der Waals surface area contributed by atoms with Crippen LogP contribution in [-0.4, -0.2) is 27.7 Å². The van der Waals surface area contributed by atoms with Crippen LogP contribution in [0, 0.1) is 10.1 Å². The van der Waals surface area contributed by atoms with Crippen LogP contribution in [0.1, 0.15) is 18.6 Å². The van der Waals surface area contributed by atoms with E-state index in [2.05, 4.69) is 5.32 Å². The average molecular weight is 381 g/mol. The number of aliphatic hydroxyl groups is 1. The molecule has 132 valence electrons. The number of carbonyl (C=O) groups excluding carboxylic acids is 1. The molecular weight excluding hydrogens is 364 g/mol. The molecule has 0 aromatic heterocycles. The van der Waals surface area contributed by atoms with Gasteiger partial charge in [-0.25, -0.2) is 0 Å². The van der Waals surface area contributed by atoms with Gasteiger partial charge in [0.15, 0.2) is 0 Å². The molecule has 2 rings (SSSR count). The number of non-ortho nitro benzene ring substituents is 1. The fourth-order valence-corrected chi connectivity index (χ4v) is 3.07. The highest BCUT2D eigenvalue weighted by molar-refractivity contribution is 8.00. The summed E-state index contributed by atoms with van der Waals surface area (Å²) in [7, 11) is 0. The molecule has 0 aliphatic carbocycles. The van der Waals surface area contributed by atoms with Crippen LogP contribution in [-0.2, 0) is 4.79 Å². The number of nitrogens with zero attached hydrogens (tertiary/aromatic N) is 1. The van der Waals surface area contributed by atoms with E-state index in [1.165, 1.54) is 36.0 Å². The highest BCUT2D eigenvalue weighted by Crippen LogP contribution is 2.25. The first-order chi connectivity index (χ1) is 11.9. The maximum atomic E-state index is 12.1. The number of amides is 1. The molecule has 0 fully saturated rings. The van der Waals surface area contributed by atoms with Gasteiger partial charge in [0, 0.05) is 28.6 Å². The van der Waals surface area contributed by atoms with Crippen molar-refractivity contribution in [2.75, 3.05) is 6.54 Å². The highest BCUT2D eigenvalue weighted by Gasteiger charge is 2.17. The molecule has 2 N–H and O–H groups in total. The van der Waals surface area contributed by atoms with Crippen LogP contribution in [0.5, 0.6) is 0 Å². The molecule has 0 bridgehead atoms. The molecule has 0 aliphatic heterocycles. The molecule has 0 saturated carbocycles. The Kier molecular flexibility index (Phi) is 6.81. The molecule has 0 heterocycles. The summed E-state index contributed by atoms with van der Waals surface area (Å²) in [6, 6.07) is 12.8. The van der Waals surface area contributed by atoms with Gasteiger partial charge in [0.25, 0.3) is 5.69 Å². The number of thioether (sulfide) groups is 1. The molecule has 25 heavy (non-hydrogen) atoms. The van der Waals surface area contributed by atoms with Crippen molar-refractivity contribution in [3.63, 3.8) is 0 Å². The Morgan fingerprint density at radius 3 is 2.40 bits per heavy atom. The van der Waals surface area contributed by atoms with E-state index >= 15 is 0 Å². The average Bonchev–Trinajstić information content (AvgIpc) is 2.61. The lowest BCUT2D eigenvalue weighted by Crippen LogP contribution is -2.34. The summed E-state index contributed by atoms with van der Waals surface area (Å²) in [6.07, 6.45) is -0.933. The van der Waals surface area contributed by atoms with Gasteiger partial charge in [-0.2, -0.15) is 0 Å². The number of rotatable bonds is 7. The smallest absolute Gasteiger partial charge is 0.269 e. The number of nitrogens with one attached hydrogen (secondary N) is 1. The molecule has 8 heteroatoms. The number of halogens is 1. The second-order valence-electron chi connectivity index (χ2n) is 5.32. The second-order valence-corrected chi connectivity index (χ2v) is 7.17. The van der Waals surface area contributed by atoms with E-state index in [-0.39, 0.29) is 23.4 Å². The Balaban J connectivity index is 1.85. The molecule has 0 unspecified atom stereocenters. The summed E-state index contributed by atoms with van der Waals surface area (Å²) in [4.78, 5) is 23.2. The lowest BCUT2D eigenvalue weighted by Gasteiger charge is -2.15. The fourth-order valence-electron chi connectivity index (χ4n) is 2.05. The number of nitro benzene ring substituents is 1. The minimum atomic E-state index is -0.933. The van der Waals surface area contributed by atoms with Gasteiger partial charge in [0.1, 0.15) is 0 Å². The van der Waals surface area contributed by atoms with Gasteiger partial charge in [0.05, 0.1) is 16.3 Å². The van der Waals surface area contributed by atoms with Crippen molar-refractivity contribution in [3.8, 4) is 0 Å². The van der Waals surface area contributed by atoms with Gasteiger partial charge in [-0.05, 0) is 48.9 Å². The zero-order valence-corrected chi connectivity index (χ0v) is 15.0. The van der Waals surface area contributed by atoms with Gasteiger partial charge in [0.2, 0.25) is 5.91 Å². The van der Waals surface area contributed by atoms with E-state index in [4.69, 9.17) is 11.6 Å². The summed E-state index contributed by atoms with van der Waals surface area (Å²) in [5, 5.41) is 23.7. The number of nitro groups is 1. The molecule has 2 atom stereocenters.